The molecule has 1 aliphatic heterocycles. The summed E-state index contributed by atoms with van der Waals surface area (Å²) in [7, 11) is 0. The van der Waals surface area contributed by atoms with Gasteiger partial charge in [0.25, 0.3) is 5.56 Å². The van der Waals surface area contributed by atoms with Gasteiger partial charge in [-0.1, -0.05) is 0 Å². The number of anilines is 1. The smallest absolute Gasteiger partial charge is 0.475 e. The van der Waals surface area contributed by atoms with Gasteiger partial charge in [-0.15, -0.1) is 0 Å². The van der Waals surface area contributed by atoms with E-state index in [0.29, 0.717) is 4.68 Å². The van der Waals surface area contributed by atoms with Gasteiger partial charge in [0.05, 0.1) is 42.3 Å². The second-order valence-corrected chi connectivity index (χ2v) is 9.64. The predicted octanol–water partition coefficient (Wildman–Crippen LogP) is 2.62. The highest BCUT2D eigenvalue weighted by Crippen LogP contribution is 2.35. The average molecular weight is 663 g/mol. The van der Waals surface area contributed by atoms with Crippen LogP contribution in [0.2, 0.25) is 0 Å². The Balaban J connectivity index is 0.000000537. The molecule has 5 aromatic heterocycles. The lowest BCUT2D eigenvalue weighted by molar-refractivity contribution is -0.192. The number of H-pyrrole nitrogens is 2. The van der Waals surface area contributed by atoms with E-state index in [1.165, 1.54) is 40.1 Å². The summed E-state index contributed by atoms with van der Waals surface area (Å²) < 4.78 is 108. The van der Waals surface area contributed by atoms with Crippen LogP contribution in [0.5, 0.6) is 5.88 Å². The second kappa shape index (κ2) is 11.4. The number of hydrogen-bond acceptors (Lipinski definition) is 9. The van der Waals surface area contributed by atoms with Crippen molar-refractivity contribution in [1.29, 1.82) is 0 Å². The van der Waals surface area contributed by atoms with E-state index in [-0.39, 0.29) is 46.1 Å². The van der Waals surface area contributed by atoms with Gasteiger partial charge in [0, 0.05) is 36.0 Å². The van der Waals surface area contributed by atoms with Crippen LogP contribution in [0.3, 0.4) is 0 Å². The summed E-state index contributed by atoms with van der Waals surface area (Å²) in [6, 6.07) is 4.02. The zero-order valence-corrected chi connectivity index (χ0v) is 22.5. The standard InChI is InChI=1S/C22H16F5N9O3.C2HF3O2/c23-21(24)9-34(8-15(21)39-17-4-14-11(5-28-17)6-31-35(14)10-22(25,26)27)18-3-13(32-16-1-2-30-36(16)18)12-7-29-20(38)33-19(12)37;3-2(4,5)1(6)7/h1-7,15H,8-10H2,(H2,29,33,37,38);(H,6,7). The molecule has 0 aliphatic carbocycles. The van der Waals surface area contributed by atoms with E-state index >= 15 is 8.78 Å². The van der Waals surface area contributed by atoms with E-state index in [1.54, 1.807) is 0 Å². The number of alkyl halides is 8. The van der Waals surface area contributed by atoms with Gasteiger partial charge in [0.2, 0.25) is 5.88 Å². The maximum atomic E-state index is 15.1. The molecule has 0 aromatic carbocycles. The molecule has 3 N–H and O–H groups in total. The lowest BCUT2D eigenvalue weighted by atomic mass is 10.2. The van der Waals surface area contributed by atoms with E-state index in [4.69, 9.17) is 14.6 Å². The zero-order chi connectivity index (χ0) is 33.6. The van der Waals surface area contributed by atoms with Gasteiger partial charge >= 0.3 is 29.9 Å². The molecule has 5 aromatic rings. The van der Waals surface area contributed by atoms with Crippen molar-refractivity contribution in [3.05, 3.63) is 63.8 Å². The molecule has 0 spiro atoms. The van der Waals surface area contributed by atoms with Crippen molar-refractivity contribution in [2.75, 3.05) is 18.0 Å². The minimum Gasteiger partial charge on any atom is -0.475 e. The van der Waals surface area contributed by atoms with Crippen LogP contribution in [0.25, 0.3) is 27.8 Å². The van der Waals surface area contributed by atoms with Gasteiger partial charge in [-0.25, -0.2) is 28.3 Å². The van der Waals surface area contributed by atoms with E-state index in [9.17, 15) is 35.9 Å². The fourth-order valence-corrected chi connectivity index (χ4v) is 4.37. The molecule has 6 heterocycles. The summed E-state index contributed by atoms with van der Waals surface area (Å²) in [5, 5.41) is 15.2. The first kappa shape index (κ1) is 31.8. The highest BCUT2D eigenvalue weighted by atomic mass is 19.4. The van der Waals surface area contributed by atoms with Crippen molar-refractivity contribution in [2.45, 2.75) is 30.9 Å². The number of fused-ring (bicyclic) bond motifs is 2. The monoisotopic (exact) mass is 663 g/mol. The molecular weight excluding hydrogens is 646 g/mol. The van der Waals surface area contributed by atoms with Gasteiger partial charge in [0.1, 0.15) is 12.4 Å². The van der Waals surface area contributed by atoms with Crippen LogP contribution in [0.15, 0.2) is 52.6 Å². The molecule has 46 heavy (non-hydrogen) atoms. The first-order chi connectivity index (χ1) is 21.4. The first-order valence-electron chi connectivity index (χ1n) is 12.6. The predicted molar refractivity (Wildman–Crippen MR) is 139 cm³/mol. The Morgan fingerprint density at radius 1 is 1.11 bits per heavy atom. The molecule has 1 aliphatic rings. The molecule has 1 unspecified atom stereocenters. The number of hydrogen-bond donors (Lipinski definition) is 3. The fraction of sp³-hybridized carbons (Fsp3) is 0.292. The molecule has 6 rings (SSSR count). The number of nitrogens with one attached hydrogen (secondary N) is 2. The summed E-state index contributed by atoms with van der Waals surface area (Å²) in [4.78, 5) is 46.6. The fourth-order valence-electron chi connectivity index (χ4n) is 4.37. The number of pyridine rings is 1. The van der Waals surface area contributed by atoms with Crippen LogP contribution in [0.1, 0.15) is 0 Å². The van der Waals surface area contributed by atoms with E-state index in [0.717, 1.165) is 12.3 Å². The number of carboxylic acids is 1. The molecule has 1 fully saturated rings. The minimum atomic E-state index is -5.08. The van der Waals surface area contributed by atoms with Crippen LogP contribution in [0.4, 0.5) is 40.9 Å². The lowest BCUT2D eigenvalue weighted by Gasteiger charge is -2.19. The highest BCUT2D eigenvalue weighted by Gasteiger charge is 2.51. The first-order valence-corrected chi connectivity index (χ1v) is 12.6. The Morgan fingerprint density at radius 2 is 1.83 bits per heavy atom. The van der Waals surface area contributed by atoms with Crippen LogP contribution in [-0.4, -0.2) is 87.9 Å². The highest BCUT2D eigenvalue weighted by molar-refractivity contribution is 5.78. The van der Waals surface area contributed by atoms with E-state index < -0.39 is 54.7 Å². The molecule has 0 amide bonds. The van der Waals surface area contributed by atoms with Crippen molar-refractivity contribution >= 4 is 28.3 Å². The Bertz CT molecular complexity index is 2030. The number of ether oxygens (including phenoxy) is 1. The maximum absolute atomic E-state index is 15.1. The van der Waals surface area contributed by atoms with Crippen molar-refractivity contribution in [3.63, 3.8) is 0 Å². The van der Waals surface area contributed by atoms with Crippen LogP contribution in [-0.2, 0) is 11.3 Å². The maximum Gasteiger partial charge on any atom is 0.490 e. The van der Waals surface area contributed by atoms with Gasteiger partial charge < -0.3 is 19.7 Å². The molecule has 1 atom stereocenters. The molecular formula is C24H17F8N9O5. The van der Waals surface area contributed by atoms with Crippen LogP contribution >= 0.6 is 0 Å². The third kappa shape index (κ3) is 6.73. The molecule has 0 bridgehead atoms. The Kier molecular flexibility index (Phi) is 7.90. The summed E-state index contributed by atoms with van der Waals surface area (Å²) >= 11 is 0. The number of carbonyl (C=O) groups is 1. The number of aliphatic carboxylic acids is 1. The Hall–Kier alpha value is -5.57. The summed E-state index contributed by atoms with van der Waals surface area (Å²) in [5.74, 6) is -6.28. The van der Waals surface area contributed by atoms with E-state index in [2.05, 4.69) is 30.1 Å². The van der Waals surface area contributed by atoms with Gasteiger partial charge in [-0.05, 0) is 0 Å². The number of carboxylic acid groups (broad SMARTS) is 1. The molecule has 0 radical (unpaired) electrons. The molecule has 244 valence electrons. The molecule has 0 saturated carbocycles. The minimum absolute atomic E-state index is 0.00581. The quantitative estimate of drug-likeness (QED) is 0.237. The third-order valence-electron chi connectivity index (χ3n) is 6.35. The number of nitrogens with zero attached hydrogens (tertiary/aromatic N) is 7. The topological polar surface area (TPSA) is 176 Å². The zero-order valence-electron chi connectivity index (χ0n) is 22.5. The Morgan fingerprint density at radius 3 is 2.48 bits per heavy atom. The normalized spacial score (nSPS) is 16.4. The summed E-state index contributed by atoms with van der Waals surface area (Å²) in [6.45, 7) is -2.52. The SMILES string of the molecule is O=C(O)C(F)(F)F.O=c1[nH]cc(-c2cc(N3CC(Oc4cc5c(cn4)cnn5CC(F)(F)F)C(F)(F)C3)n3nccc3n2)c(=O)[nH]1. The largest absolute Gasteiger partial charge is 0.490 e. The molecule has 22 heteroatoms. The van der Waals surface area contributed by atoms with Gasteiger partial charge in [-0.2, -0.15) is 41.1 Å². The lowest BCUT2D eigenvalue weighted by Crippen LogP contribution is -2.36. The van der Waals surface area contributed by atoms with Gasteiger partial charge in [-0.3, -0.25) is 14.5 Å². The number of aromatic nitrogens is 8. The second-order valence-electron chi connectivity index (χ2n) is 9.64. The molecule has 14 nitrogen and oxygen atoms in total. The number of halogens is 8. The van der Waals surface area contributed by atoms with Crippen molar-refractivity contribution in [1.82, 2.24) is 39.3 Å². The van der Waals surface area contributed by atoms with Crippen LogP contribution < -0.4 is 20.9 Å². The number of aromatic amines is 2. The van der Waals surface area contributed by atoms with Gasteiger partial charge in [0.15, 0.2) is 11.8 Å². The Labute approximate surface area is 247 Å². The summed E-state index contributed by atoms with van der Waals surface area (Å²) in [5.41, 5.74) is -1.05. The molecule has 1 saturated heterocycles. The van der Waals surface area contributed by atoms with Crippen molar-refractivity contribution < 1.29 is 49.8 Å². The third-order valence-corrected chi connectivity index (χ3v) is 6.35. The van der Waals surface area contributed by atoms with Crippen molar-refractivity contribution in [3.8, 4) is 17.1 Å². The van der Waals surface area contributed by atoms with Crippen LogP contribution in [0, 0.1) is 0 Å². The number of rotatable bonds is 5. The average Bonchev–Trinajstić information content (AvgIpc) is 3.64. The summed E-state index contributed by atoms with van der Waals surface area (Å²) in [6.07, 6.45) is -6.40. The van der Waals surface area contributed by atoms with E-state index in [1.807, 2.05) is 0 Å². The van der Waals surface area contributed by atoms with Crippen molar-refractivity contribution in [2.24, 2.45) is 0 Å².